The first kappa shape index (κ1) is 8.97. The van der Waals surface area contributed by atoms with Gasteiger partial charge in [-0.2, -0.15) is 5.10 Å². The molecule has 1 aliphatic rings. The second-order valence-corrected chi connectivity index (χ2v) is 4.28. The molecule has 4 heteroatoms. The molecule has 15 heavy (non-hydrogen) atoms. The molecule has 0 aliphatic heterocycles. The van der Waals surface area contributed by atoms with Gasteiger partial charge in [-0.25, -0.2) is 4.52 Å². The van der Waals surface area contributed by atoms with Gasteiger partial charge in [0.05, 0.1) is 5.69 Å². The van der Waals surface area contributed by atoms with Crippen molar-refractivity contribution in [1.29, 1.82) is 0 Å². The van der Waals surface area contributed by atoms with Crippen LogP contribution in [0, 0.1) is 0 Å². The molecule has 1 aliphatic carbocycles. The Morgan fingerprint density at radius 1 is 1.40 bits per heavy atom. The van der Waals surface area contributed by atoms with E-state index in [1.807, 2.05) is 10.7 Å². The number of hydrogen-bond donors (Lipinski definition) is 1. The van der Waals surface area contributed by atoms with E-state index in [0.717, 1.165) is 25.4 Å². The summed E-state index contributed by atoms with van der Waals surface area (Å²) in [5, 5.41) is 4.57. The molecule has 0 radical (unpaired) electrons. The zero-order valence-corrected chi connectivity index (χ0v) is 8.76. The number of rotatable bonds is 4. The third-order valence-corrected chi connectivity index (χ3v) is 3.02. The zero-order chi connectivity index (χ0) is 10.3. The molecule has 2 aromatic rings. The highest BCUT2D eigenvalue weighted by atomic mass is 15.3. The normalized spacial score (nSPS) is 16.3. The molecule has 0 amide bonds. The molecule has 2 aromatic heterocycles. The van der Waals surface area contributed by atoms with Crippen LogP contribution < -0.4 is 5.73 Å². The Balaban J connectivity index is 1.92. The van der Waals surface area contributed by atoms with Crippen LogP contribution in [0.25, 0.3) is 5.65 Å². The van der Waals surface area contributed by atoms with Crippen molar-refractivity contribution in [2.45, 2.75) is 31.7 Å². The molecule has 0 atom stereocenters. The number of aromatic nitrogens is 3. The maximum absolute atomic E-state index is 5.52. The van der Waals surface area contributed by atoms with Crippen molar-refractivity contribution in [1.82, 2.24) is 14.2 Å². The molecule has 4 nitrogen and oxygen atoms in total. The fraction of sp³-hybridized carbons (Fsp3) is 0.545. The number of hydrogen-bond acceptors (Lipinski definition) is 2. The molecule has 3 rings (SSSR count). The van der Waals surface area contributed by atoms with Gasteiger partial charge in [-0.3, -0.25) is 0 Å². The van der Waals surface area contributed by atoms with Crippen LogP contribution >= 0.6 is 0 Å². The molecule has 1 fully saturated rings. The summed E-state index contributed by atoms with van der Waals surface area (Å²) in [6.07, 6.45) is 7.74. The fourth-order valence-corrected chi connectivity index (χ4v) is 1.98. The van der Waals surface area contributed by atoms with Gasteiger partial charge in [0.1, 0.15) is 5.65 Å². The van der Waals surface area contributed by atoms with E-state index in [1.165, 1.54) is 24.2 Å². The van der Waals surface area contributed by atoms with E-state index in [9.17, 15) is 0 Å². The topological polar surface area (TPSA) is 48.2 Å². The van der Waals surface area contributed by atoms with E-state index in [4.69, 9.17) is 5.73 Å². The Hall–Kier alpha value is -1.29. The number of nitrogens with two attached hydrogens (primary N) is 1. The second-order valence-electron chi connectivity index (χ2n) is 4.28. The first-order chi connectivity index (χ1) is 7.38. The van der Waals surface area contributed by atoms with E-state index >= 15 is 0 Å². The molecule has 0 spiro atoms. The van der Waals surface area contributed by atoms with Crippen LogP contribution in [0.5, 0.6) is 0 Å². The van der Waals surface area contributed by atoms with Crippen LogP contribution in [-0.4, -0.2) is 20.7 Å². The fourth-order valence-electron chi connectivity index (χ4n) is 1.98. The van der Waals surface area contributed by atoms with Crippen LogP contribution in [0.1, 0.15) is 30.9 Å². The summed E-state index contributed by atoms with van der Waals surface area (Å²) < 4.78 is 4.20. The number of fused-ring (bicyclic) bond motifs is 1. The Bertz CT molecular complexity index is 464. The first-order valence-electron chi connectivity index (χ1n) is 5.63. The first-order valence-corrected chi connectivity index (χ1v) is 5.63. The summed E-state index contributed by atoms with van der Waals surface area (Å²) in [5.74, 6) is 0.729. The quantitative estimate of drug-likeness (QED) is 0.817. The van der Waals surface area contributed by atoms with Crippen molar-refractivity contribution in [2.24, 2.45) is 5.73 Å². The molecule has 2 N–H and O–H groups in total. The molecule has 1 saturated carbocycles. The van der Waals surface area contributed by atoms with Crippen molar-refractivity contribution in [2.75, 3.05) is 6.54 Å². The Kier molecular flexibility index (Phi) is 2.02. The zero-order valence-electron chi connectivity index (χ0n) is 8.76. The van der Waals surface area contributed by atoms with E-state index < -0.39 is 0 Å². The smallest absolute Gasteiger partial charge is 0.136 e. The van der Waals surface area contributed by atoms with E-state index in [2.05, 4.69) is 21.9 Å². The molecule has 80 valence electrons. The van der Waals surface area contributed by atoms with Gasteiger partial charge in [0.15, 0.2) is 0 Å². The highest BCUT2D eigenvalue weighted by Crippen LogP contribution is 2.39. The maximum atomic E-state index is 5.52. The van der Waals surface area contributed by atoms with Gasteiger partial charge < -0.3 is 10.3 Å². The lowest BCUT2D eigenvalue weighted by Gasteiger charge is -2.00. The predicted octanol–water partition coefficient (Wildman–Crippen LogP) is 1.36. The summed E-state index contributed by atoms with van der Waals surface area (Å²) in [6, 6.07) is 2.22. The van der Waals surface area contributed by atoms with Crippen molar-refractivity contribution in [3.63, 3.8) is 0 Å². The Labute approximate surface area is 88.7 Å². The van der Waals surface area contributed by atoms with Crippen LogP contribution in [0.15, 0.2) is 18.5 Å². The molecule has 2 heterocycles. The standard InChI is InChI=1S/C11H16N4/c12-4-1-5-14-6-7-15-11(14)8-10(13-15)9-2-3-9/h6-9H,1-5,12H2. The Morgan fingerprint density at radius 2 is 2.27 bits per heavy atom. The third-order valence-electron chi connectivity index (χ3n) is 3.02. The summed E-state index contributed by atoms with van der Waals surface area (Å²) >= 11 is 0. The van der Waals surface area contributed by atoms with Gasteiger partial charge in [-0.15, -0.1) is 0 Å². The monoisotopic (exact) mass is 204 g/mol. The molecular formula is C11H16N4. The van der Waals surface area contributed by atoms with Crippen molar-refractivity contribution in [3.05, 3.63) is 24.2 Å². The van der Waals surface area contributed by atoms with E-state index in [1.54, 1.807) is 0 Å². The third kappa shape index (κ3) is 1.55. The highest BCUT2D eigenvalue weighted by molar-refractivity contribution is 5.42. The van der Waals surface area contributed by atoms with Gasteiger partial charge in [0, 0.05) is 30.9 Å². The summed E-state index contributed by atoms with van der Waals surface area (Å²) in [4.78, 5) is 0. The number of imidazole rings is 1. The number of nitrogens with zero attached hydrogens (tertiary/aromatic N) is 3. The molecule has 0 aromatic carbocycles. The molecule has 0 bridgehead atoms. The summed E-state index contributed by atoms with van der Waals surface area (Å²) in [7, 11) is 0. The predicted molar refractivity (Wildman–Crippen MR) is 58.8 cm³/mol. The SMILES string of the molecule is NCCCn1ccn2nc(C3CC3)cc12. The van der Waals surface area contributed by atoms with E-state index in [0.29, 0.717) is 0 Å². The van der Waals surface area contributed by atoms with Gasteiger partial charge in [0.25, 0.3) is 0 Å². The second kappa shape index (κ2) is 3.38. The minimum Gasteiger partial charge on any atom is -0.331 e. The average Bonchev–Trinajstić information content (AvgIpc) is 2.89. The Morgan fingerprint density at radius 3 is 3.00 bits per heavy atom. The van der Waals surface area contributed by atoms with Crippen molar-refractivity contribution >= 4 is 5.65 Å². The lowest BCUT2D eigenvalue weighted by molar-refractivity contribution is 0.667. The average molecular weight is 204 g/mol. The van der Waals surface area contributed by atoms with Crippen LogP contribution in [0.3, 0.4) is 0 Å². The van der Waals surface area contributed by atoms with E-state index in [-0.39, 0.29) is 0 Å². The largest absolute Gasteiger partial charge is 0.331 e. The molecular weight excluding hydrogens is 188 g/mol. The molecule has 0 unspecified atom stereocenters. The minimum absolute atomic E-state index is 0.729. The summed E-state index contributed by atoms with van der Waals surface area (Å²) in [5.41, 5.74) is 7.97. The number of aryl methyl sites for hydroxylation is 1. The van der Waals surface area contributed by atoms with Gasteiger partial charge in [-0.1, -0.05) is 0 Å². The van der Waals surface area contributed by atoms with Gasteiger partial charge in [-0.05, 0) is 25.8 Å². The lowest BCUT2D eigenvalue weighted by Crippen LogP contribution is -2.04. The van der Waals surface area contributed by atoms with Crippen LogP contribution in [0.4, 0.5) is 0 Å². The van der Waals surface area contributed by atoms with Crippen molar-refractivity contribution < 1.29 is 0 Å². The van der Waals surface area contributed by atoms with Crippen LogP contribution in [0.2, 0.25) is 0 Å². The maximum Gasteiger partial charge on any atom is 0.136 e. The lowest BCUT2D eigenvalue weighted by atomic mass is 10.3. The van der Waals surface area contributed by atoms with Crippen LogP contribution in [-0.2, 0) is 6.54 Å². The van der Waals surface area contributed by atoms with Crippen molar-refractivity contribution in [3.8, 4) is 0 Å². The van der Waals surface area contributed by atoms with Gasteiger partial charge in [0.2, 0.25) is 0 Å². The minimum atomic E-state index is 0.729. The van der Waals surface area contributed by atoms with Gasteiger partial charge >= 0.3 is 0 Å². The summed E-state index contributed by atoms with van der Waals surface area (Å²) in [6.45, 7) is 1.73. The molecule has 0 saturated heterocycles. The highest BCUT2D eigenvalue weighted by Gasteiger charge is 2.26.